The van der Waals surface area contributed by atoms with E-state index in [0.29, 0.717) is 16.3 Å². The first-order valence-corrected chi connectivity index (χ1v) is 5.79. The van der Waals surface area contributed by atoms with E-state index >= 15 is 0 Å². The summed E-state index contributed by atoms with van der Waals surface area (Å²) in [4.78, 5) is 22.1. The molecule has 2 aromatic rings. The summed E-state index contributed by atoms with van der Waals surface area (Å²) in [6, 6.07) is 9.38. The maximum absolute atomic E-state index is 11.8. The van der Waals surface area contributed by atoms with E-state index in [2.05, 4.69) is 5.32 Å². The van der Waals surface area contributed by atoms with Gasteiger partial charge in [0.05, 0.1) is 9.80 Å². The summed E-state index contributed by atoms with van der Waals surface area (Å²) in [6.45, 7) is 0. The fourth-order valence-corrected chi connectivity index (χ4v) is 2.02. The zero-order chi connectivity index (χ0) is 13.1. The van der Waals surface area contributed by atoms with E-state index in [-0.39, 0.29) is 10.9 Å². The second-order valence-corrected chi connectivity index (χ2v) is 4.53. The number of amides is 1. The molecule has 0 saturated carbocycles. The molecular formula is C11H9N3O3S. The molecule has 6 nitrogen and oxygen atoms in total. The third-order valence-electron chi connectivity index (χ3n) is 2.16. The average Bonchev–Trinajstić information content (AvgIpc) is 2.81. The summed E-state index contributed by atoms with van der Waals surface area (Å²) in [7, 11) is 0. The van der Waals surface area contributed by atoms with Gasteiger partial charge in [-0.15, -0.1) is 0 Å². The Morgan fingerprint density at radius 1 is 1.22 bits per heavy atom. The maximum Gasteiger partial charge on any atom is 0.324 e. The number of rotatable bonds is 3. The van der Waals surface area contributed by atoms with E-state index in [9.17, 15) is 14.9 Å². The summed E-state index contributed by atoms with van der Waals surface area (Å²) in [5, 5.41) is 13.1. The van der Waals surface area contributed by atoms with Gasteiger partial charge in [-0.3, -0.25) is 14.9 Å². The number of thiophene rings is 1. The molecule has 0 spiro atoms. The SMILES string of the molecule is Nc1ccc(NC(=O)c2ccc([N+](=O)[O-])s2)cc1. The second-order valence-electron chi connectivity index (χ2n) is 3.47. The van der Waals surface area contributed by atoms with Crippen molar-refractivity contribution in [1.29, 1.82) is 0 Å². The van der Waals surface area contributed by atoms with Crippen molar-refractivity contribution in [3.8, 4) is 0 Å². The van der Waals surface area contributed by atoms with Crippen LogP contribution in [-0.2, 0) is 0 Å². The Morgan fingerprint density at radius 3 is 2.44 bits per heavy atom. The number of hydrogen-bond donors (Lipinski definition) is 2. The van der Waals surface area contributed by atoms with Gasteiger partial charge < -0.3 is 11.1 Å². The Labute approximate surface area is 106 Å². The minimum absolute atomic E-state index is 0.0579. The fourth-order valence-electron chi connectivity index (χ4n) is 1.31. The summed E-state index contributed by atoms with van der Waals surface area (Å²) in [5.41, 5.74) is 6.70. The third-order valence-corrected chi connectivity index (χ3v) is 3.20. The van der Waals surface area contributed by atoms with Crippen molar-refractivity contribution in [2.45, 2.75) is 0 Å². The summed E-state index contributed by atoms with van der Waals surface area (Å²) < 4.78 is 0. The van der Waals surface area contributed by atoms with Gasteiger partial charge in [0.15, 0.2) is 0 Å². The van der Waals surface area contributed by atoms with Crippen LogP contribution in [0.4, 0.5) is 16.4 Å². The molecule has 0 aliphatic carbocycles. The van der Waals surface area contributed by atoms with Crippen LogP contribution in [0.25, 0.3) is 0 Å². The van der Waals surface area contributed by atoms with Crippen molar-refractivity contribution in [2.24, 2.45) is 0 Å². The smallest absolute Gasteiger partial charge is 0.324 e. The van der Waals surface area contributed by atoms with Gasteiger partial charge in [0, 0.05) is 17.4 Å². The molecule has 2 rings (SSSR count). The fraction of sp³-hybridized carbons (Fsp3) is 0. The largest absolute Gasteiger partial charge is 0.399 e. The minimum atomic E-state index is -0.523. The van der Waals surface area contributed by atoms with Crippen molar-refractivity contribution in [3.05, 3.63) is 51.4 Å². The summed E-state index contributed by atoms with van der Waals surface area (Å²) in [5.74, 6) is -0.377. The Hall–Kier alpha value is -2.41. The molecule has 0 bridgehead atoms. The van der Waals surface area contributed by atoms with Crippen LogP contribution < -0.4 is 11.1 Å². The van der Waals surface area contributed by atoms with E-state index in [1.54, 1.807) is 24.3 Å². The normalized spacial score (nSPS) is 10.0. The molecule has 3 N–H and O–H groups in total. The second kappa shape index (κ2) is 4.84. The molecule has 0 unspecified atom stereocenters. The molecule has 1 aromatic carbocycles. The predicted molar refractivity (Wildman–Crippen MR) is 69.8 cm³/mol. The maximum atomic E-state index is 11.8. The Balaban J connectivity index is 2.11. The van der Waals surface area contributed by atoms with Gasteiger partial charge in [0.2, 0.25) is 0 Å². The molecule has 1 amide bonds. The molecule has 0 atom stereocenters. The monoisotopic (exact) mass is 263 g/mol. The highest BCUT2D eigenvalue weighted by molar-refractivity contribution is 7.17. The number of nitrogens with two attached hydrogens (primary N) is 1. The van der Waals surface area contributed by atoms with E-state index in [0.717, 1.165) is 11.3 Å². The van der Waals surface area contributed by atoms with Gasteiger partial charge in [-0.1, -0.05) is 11.3 Å². The molecule has 0 aliphatic heterocycles. The first-order chi connectivity index (χ1) is 8.56. The lowest BCUT2D eigenvalue weighted by atomic mass is 10.3. The van der Waals surface area contributed by atoms with Crippen molar-refractivity contribution in [2.75, 3.05) is 11.1 Å². The van der Waals surface area contributed by atoms with Crippen LogP contribution in [0.2, 0.25) is 0 Å². The molecule has 1 aromatic heterocycles. The molecule has 0 saturated heterocycles. The molecule has 7 heteroatoms. The average molecular weight is 263 g/mol. The predicted octanol–water partition coefficient (Wildman–Crippen LogP) is 2.49. The highest BCUT2D eigenvalue weighted by Crippen LogP contribution is 2.24. The number of carbonyl (C=O) groups is 1. The standard InChI is InChI=1S/C11H9N3O3S/c12-7-1-3-8(4-2-7)13-11(15)9-5-6-10(18-9)14(16)17/h1-6H,12H2,(H,13,15). The van der Waals surface area contributed by atoms with Crippen LogP contribution in [0, 0.1) is 10.1 Å². The first kappa shape index (κ1) is 12.1. The number of nitrogen functional groups attached to an aromatic ring is 1. The van der Waals surface area contributed by atoms with E-state index in [1.807, 2.05) is 0 Å². The quantitative estimate of drug-likeness (QED) is 0.505. The van der Waals surface area contributed by atoms with Gasteiger partial charge in [0.1, 0.15) is 0 Å². The number of nitrogens with one attached hydrogen (secondary N) is 1. The lowest BCUT2D eigenvalue weighted by molar-refractivity contribution is -0.380. The van der Waals surface area contributed by atoms with Gasteiger partial charge in [-0.25, -0.2) is 0 Å². The Bertz CT molecular complexity index is 592. The Kier molecular flexibility index (Phi) is 3.24. The topological polar surface area (TPSA) is 98.3 Å². The van der Waals surface area contributed by atoms with E-state index in [4.69, 9.17) is 5.73 Å². The van der Waals surface area contributed by atoms with Crippen molar-refractivity contribution >= 4 is 33.6 Å². The summed E-state index contributed by atoms with van der Waals surface area (Å²) in [6.07, 6.45) is 0. The zero-order valence-corrected chi connectivity index (χ0v) is 9.94. The van der Waals surface area contributed by atoms with Gasteiger partial charge >= 0.3 is 5.00 Å². The highest BCUT2D eigenvalue weighted by Gasteiger charge is 2.15. The Morgan fingerprint density at radius 2 is 1.89 bits per heavy atom. The molecule has 0 radical (unpaired) electrons. The van der Waals surface area contributed by atoms with Gasteiger partial charge in [0.25, 0.3) is 5.91 Å². The zero-order valence-electron chi connectivity index (χ0n) is 9.12. The highest BCUT2D eigenvalue weighted by atomic mass is 32.1. The van der Waals surface area contributed by atoms with E-state index < -0.39 is 4.92 Å². The van der Waals surface area contributed by atoms with Crippen LogP contribution in [0.1, 0.15) is 9.67 Å². The van der Waals surface area contributed by atoms with Crippen LogP contribution in [0.15, 0.2) is 36.4 Å². The van der Waals surface area contributed by atoms with Crippen LogP contribution >= 0.6 is 11.3 Å². The van der Waals surface area contributed by atoms with Crippen molar-refractivity contribution in [3.63, 3.8) is 0 Å². The first-order valence-electron chi connectivity index (χ1n) is 4.97. The van der Waals surface area contributed by atoms with Crippen LogP contribution in [0.3, 0.4) is 0 Å². The number of nitrogens with zero attached hydrogens (tertiary/aromatic N) is 1. The van der Waals surface area contributed by atoms with Gasteiger partial charge in [-0.2, -0.15) is 0 Å². The lowest BCUT2D eigenvalue weighted by Crippen LogP contribution is -2.09. The van der Waals surface area contributed by atoms with Crippen LogP contribution in [-0.4, -0.2) is 10.8 Å². The molecule has 0 aliphatic rings. The number of hydrogen-bond acceptors (Lipinski definition) is 5. The van der Waals surface area contributed by atoms with Crippen molar-refractivity contribution < 1.29 is 9.72 Å². The molecular weight excluding hydrogens is 254 g/mol. The number of anilines is 2. The molecule has 92 valence electrons. The van der Waals surface area contributed by atoms with Crippen LogP contribution in [0.5, 0.6) is 0 Å². The lowest BCUT2D eigenvalue weighted by Gasteiger charge is -2.03. The van der Waals surface area contributed by atoms with Gasteiger partial charge in [-0.05, 0) is 30.3 Å². The summed E-state index contributed by atoms with van der Waals surface area (Å²) >= 11 is 0.836. The number of nitro groups is 1. The minimum Gasteiger partial charge on any atom is -0.399 e. The third kappa shape index (κ3) is 2.64. The van der Waals surface area contributed by atoms with E-state index in [1.165, 1.54) is 12.1 Å². The molecule has 18 heavy (non-hydrogen) atoms. The molecule has 0 fully saturated rings. The molecule has 1 heterocycles. The van der Waals surface area contributed by atoms with Crippen molar-refractivity contribution in [1.82, 2.24) is 0 Å². The number of benzene rings is 1. The number of carbonyl (C=O) groups excluding carboxylic acids is 1.